The Hall–Kier alpha value is -1.31. The highest BCUT2D eigenvalue weighted by molar-refractivity contribution is 6.31. The lowest BCUT2D eigenvalue weighted by Crippen LogP contribution is -2.18. The van der Waals surface area contributed by atoms with Gasteiger partial charge in [0, 0.05) is 17.6 Å². The molecule has 0 amide bonds. The number of hydrogen-bond donors (Lipinski definition) is 1. The third kappa shape index (κ3) is 3.82. The van der Waals surface area contributed by atoms with E-state index in [9.17, 15) is 0 Å². The van der Waals surface area contributed by atoms with Crippen molar-refractivity contribution in [1.82, 2.24) is 5.32 Å². The predicted molar refractivity (Wildman–Crippen MR) is 82.6 cm³/mol. The molecule has 1 atom stereocenters. The van der Waals surface area contributed by atoms with Crippen LogP contribution in [-0.2, 0) is 6.54 Å². The zero-order valence-electron chi connectivity index (χ0n) is 11.7. The van der Waals surface area contributed by atoms with Crippen LogP contribution in [0.1, 0.15) is 35.2 Å². The van der Waals surface area contributed by atoms with Crippen LogP contribution in [0.15, 0.2) is 42.5 Å². The van der Waals surface area contributed by atoms with E-state index in [1.165, 1.54) is 16.7 Å². The Bertz CT molecular complexity index is 543. The molecule has 100 valence electrons. The van der Waals surface area contributed by atoms with Crippen LogP contribution < -0.4 is 5.32 Å². The quantitative estimate of drug-likeness (QED) is 0.843. The van der Waals surface area contributed by atoms with Gasteiger partial charge < -0.3 is 5.32 Å². The van der Waals surface area contributed by atoms with Crippen LogP contribution in [0.2, 0.25) is 5.02 Å². The van der Waals surface area contributed by atoms with Gasteiger partial charge in [-0.05, 0) is 38.0 Å². The molecule has 0 heterocycles. The fourth-order valence-corrected chi connectivity index (χ4v) is 2.68. The second-order valence-electron chi connectivity index (χ2n) is 5.12. The molecule has 0 bridgehead atoms. The summed E-state index contributed by atoms with van der Waals surface area (Å²) in [5, 5.41) is 4.35. The van der Waals surface area contributed by atoms with Crippen LogP contribution in [0.4, 0.5) is 0 Å². The average molecular weight is 274 g/mol. The van der Waals surface area contributed by atoms with Crippen LogP contribution in [-0.4, -0.2) is 0 Å². The maximum absolute atomic E-state index is 6.21. The lowest BCUT2D eigenvalue weighted by Gasteiger charge is -2.16. The molecule has 0 saturated heterocycles. The first-order valence-corrected chi connectivity index (χ1v) is 6.99. The first-order chi connectivity index (χ1) is 9.06. The highest BCUT2D eigenvalue weighted by Crippen LogP contribution is 2.22. The molecule has 2 aromatic carbocycles. The lowest BCUT2D eigenvalue weighted by atomic mass is 10.1. The summed E-state index contributed by atoms with van der Waals surface area (Å²) in [7, 11) is 0. The van der Waals surface area contributed by atoms with E-state index in [0.717, 1.165) is 17.1 Å². The van der Waals surface area contributed by atoms with Crippen LogP contribution in [0.3, 0.4) is 0 Å². The SMILES string of the molecule is Cc1cc(C)cc(CN[C@@H](C)c2ccccc2Cl)c1. The summed E-state index contributed by atoms with van der Waals surface area (Å²) in [5.41, 5.74) is 5.08. The molecule has 19 heavy (non-hydrogen) atoms. The fraction of sp³-hybridized carbons (Fsp3) is 0.294. The number of benzene rings is 2. The van der Waals surface area contributed by atoms with Crippen molar-refractivity contribution in [2.24, 2.45) is 0 Å². The van der Waals surface area contributed by atoms with E-state index in [1.807, 2.05) is 18.2 Å². The molecule has 1 N–H and O–H groups in total. The second kappa shape index (κ2) is 6.23. The molecular formula is C17H20ClN. The maximum atomic E-state index is 6.21. The molecule has 0 aliphatic heterocycles. The molecule has 0 spiro atoms. The van der Waals surface area contributed by atoms with Crippen molar-refractivity contribution in [3.8, 4) is 0 Å². The van der Waals surface area contributed by atoms with E-state index in [4.69, 9.17) is 11.6 Å². The van der Waals surface area contributed by atoms with E-state index in [2.05, 4.69) is 50.4 Å². The second-order valence-corrected chi connectivity index (χ2v) is 5.53. The van der Waals surface area contributed by atoms with Crippen molar-refractivity contribution in [1.29, 1.82) is 0 Å². The van der Waals surface area contributed by atoms with Crippen molar-refractivity contribution in [2.75, 3.05) is 0 Å². The summed E-state index contributed by atoms with van der Waals surface area (Å²) >= 11 is 6.21. The Kier molecular flexibility index (Phi) is 4.62. The van der Waals surface area contributed by atoms with Crippen molar-refractivity contribution in [3.63, 3.8) is 0 Å². The summed E-state index contributed by atoms with van der Waals surface area (Å²) < 4.78 is 0. The van der Waals surface area contributed by atoms with E-state index in [-0.39, 0.29) is 6.04 Å². The van der Waals surface area contributed by atoms with E-state index >= 15 is 0 Å². The van der Waals surface area contributed by atoms with Gasteiger partial charge in [-0.2, -0.15) is 0 Å². The lowest BCUT2D eigenvalue weighted by molar-refractivity contribution is 0.574. The minimum absolute atomic E-state index is 0.245. The van der Waals surface area contributed by atoms with Gasteiger partial charge in [0.2, 0.25) is 0 Å². The molecule has 2 rings (SSSR count). The Balaban J connectivity index is 2.04. The molecule has 2 heteroatoms. The normalized spacial score (nSPS) is 12.4. The molecular weight excluding hydrogens is 254 g/mol. The third-order valence-corrected chi connectivity index (χ3v) is 3.61. The number of rotatable bonds is 4. The molecule has 1 nitrogen and oxygen atoms in total. The molecule has 0 saturated carbocycles. The van der Waals surface area contributed by atoms with Gasteiger partial charge in [0.25, 0.3) is 0 Å². The standard InChI is InChI=1S/C17H20ClN/c1-12-8-13(2)10-15(9-12)11-19-14(3)16-6-4-5-7-17(16)18/h4-10,14,19H,11H2,1-3H3/t14-/m0/s1. The molecule has 0 fully saturated rings. The van der Waals surface area contributed by atoms with Gasteiger partial charge in [0.1, 0.15) is 0 Å². The molecule has 0 aliphatic carbocycles. The number of nitrogens with one attached hydrogen (secondary N) is 1. The number of halogens is 1. The first-order valence-electron chi connectivity index (χ1n) is 6.61. The zero-order valence-corrected chi connectivity index (χ0v) is 12.5. The minimum Gasteiger partial charge on any atom is -0.306 e. The van der Waals surface area contributed by atoms with Crippen molar-refractivity contribution < 1.29 is 0 Å². The predicted octanol–water partition coefficient (Wildman–Crippen LogP) is 4.81. The smallest absolute Gasteiger partial charge is 0.0453 e. The molecule has 0 aliphatic rings. The number of hydrogen-bond acceptors (Lipinski definition) is 1. The van der Waals surface area contributed by atoms with Crippen LogP contribution in [0.25, 0.3) is 0 Å². The monoisotopic (exact) mass is 273 g/mol. The van der Waals surface area contributed by atoms with Crippen LogP contribution in [0, 0.1) is 13.8 Å². The molecule has 0 unspecified atom stereocenters. The van der Waals surface area contributed by atoms with Gasteiger partial charge in [-0.1, -0.05) is 59.1 Å². The largest absolute Gasteiger partial charge is 0.306 e. The Morgan fingerprint density at radius 2 is 1.68 bits per heavy atom. The van der Waals surface area contributed by atoms with E-state index in [1.54, 1.807) is 0 Å². The van der Waals surface area contributed by atoms with Crippen LogP contribution in [0.5, 0.6) is 0 Å². The topological polar surface area (TPSA) is 12.0 Å². The molecule has 2 aromatic rings. The summed E-state index contributed by atoms with van der Waals surface area (Å²) in [4.78, 5) is 0. The van der Waals surface area contributed by atoms with Gasteiger partial charge in [-0.25, -0.2) is 0 Å². The highest BCUT2D eigenvalue weighted by atomic mass is 35.5. The van der Waals surface area contributed by atoms with Gasteiger partial charge in [0.15, 0.2) is 0 Å². The minimum atomic E-state index is 0.245. The third-order valence-electron chi connectivity index (χ3n) is 3.27. The van der Waals surface area contributed by atoms with Gasteiger partial charge in [-0.15, -0.1) is 0 Å². The number of aryl methyl sites for hydroxylation is 2. The van der Waals surface area contributed by atoms with Crippen molar-refractivity contribution in [2.45, 2.75) is 33.4 Å². The maximum Gasteiger partial charge on any atom is 0.0453 e. The highest BCUT2D eigenvalue weighted by Gasteiger charge is 2.08. The van der Waals surface area contributed by atoms with E-state index < -0.39 is 0 Å². The van der Waals surface area contributed by atoms with Gasteiger partial charge in [0.05, 0.1) is 0 Å². The van der Waals surface area contributed by atoms with Gasteiger partial charge >= 0.3 is 0 Å². The Morgan fingerprint density at radius 1 is 1.05 bits per heavy atom. The average Bonchev–Trinajstić information content (AvgIpc) is 2.35. The Labute approximate surface area is 120 Å². The fourth-order valence-electron chi connectivity index (χ4n) is 2.38. The molecule has 0 aromatic heterocycles. The van der Waals surface area contributed by atoms with Crippen molar-refractivity contribution in [3.05, 3.63) is 69.7 Å². The zero-order chi connectivity index (χ0) is 13.8. The van der Waals surface area contributed by atoms with Gasteiger partial charge in [-0.3, -0.25) is 0 Å². The summed E-state index contributed by atoms with van der Waals surface area (Å²) in [6.07, 6.45) is 0. The van der Waals surface area contributed by atoms with Crippen molar-refractivity contribution >= 4 is 11.6 Å². The van der Waals surface area contributed by atoms with Crippen LogP contribution >= 0.6 is 11.6 Å². The summed E-state index contributed by atoms with van der Waals surface area (Å²) in [6.45, 7) is 7.26. The Morgan fingerprint density at radius 3 is 2.32 bits per heavy atom. The molecule has 0 radical (unpaired) electrons. The summed E-state index contributed by atoms with van der Waals surface area (Å²) in [6, 6.07) is 14.9. The van der Waals surface area contributed by atoms with E-state index in [0.29, 0.717) is 0 Å². The summed E-state index contributed by atoms with van der Waals surface area (Å²) in [5.74, 6) is 0. The first kappa shape index (κ1) is 14.1.